The Balaban J connectivity index is 2.52. The van der Waals surface area contributed by atoms with Crippen molar-refractivity contribution in [1.82, 2.24) is 0 Å². The molecule has 0 radical (unpaired) electrons. The summed E-state index contributed by atoms with van der Waals surface area (Å²) in [5.41, 5.74) is 1.59. The summed E-state index contributed by atoms with van der Waals surface area (Å²) in [7, 11) is 1.62. The Hall–Kier alpha value is -0.670. The molecule has 0 aliphatic carbocycles. The third-order valence-electron chi connectivity index (χ3n) is 2.96. The molecular weight excluding hydrogens is 256 g/mol. The van der Waals surface area contributed by atoms with Gasteiger partial charge in [-0.25, -0.2) is 0 Å². The Kier molecular flexibility index (Phi) is 3.69. The number of benzene rings is 1. The van der Waals surface area contributed by atoms with Crippen LogP contribution in [-0.2, 0) is 5.75 Å². The summed E-state index contributed by atoms with van der Waals surface area (Å²) >= 11 is 7.82. The van der Waals surface area contributed by atoms with E-state index in [0.717, 1.165) is 17.1 Å². The van der Waals surface area contributed by atoms with E-state index in [1.165, 1.54) is 0 Å². The molecule has 2 nitrogen and oxygen atoms in total. The maximum Gasteiger partial charge on any atom is 0.178 e. The molecular formula is C13H15ClO2S. The molecule has 0 aromatic heterocycles. The van der Waals surface area contributed by atoms with Crippen molar-refractivity contribution in [3.05, 3.63) is 28.3 Å². The van der Waals surface area contributed by atoms with Gasteiger partial charge in [0.1, 0.15) is 5.75 Å². The fourth-order valence-corrected chi connectivity index (χ4v) is 3.64. The number of hydrogen-bond acceptors (Lipinski definition) is 3. The zero-order chi connectivity index (χ0) is 12.6. The van der Waals surface area contributed by atoms with Crippen LogP contribution in [0.25, 0.3) is 0 Å². The van der Waals surface area contributed by atoms with Crippen molar-refractivity contribution in [2.75, 3.05) is 7.11 Å². The highest BCUT2D eigenvalue weighted by molar-refractivity contribution is 8.00. The summed E-state index contributed by atoms with van der Waals surface area (Å²) < 4.78 is 5.29. The monoisotopic (exact) mass is 270 g/mol. The number of ketones is 1. The van der Waals surface area contributed by atoms with E-state index in [4.69, 9.17) is 16.3 Å². The summed E-state index contributed by atoms with van der Waals surface area (Å²) in [6.07, 6.45) is 0. The highest BCUT2D eigenvalue weighted by Gasteiger charge is 2.33. The van der Waals surface area contributed by atoms with Gasteiger partial charge in [-0.15, -0.1) is 11.8 Å². The Bertz CT molecular complexity index is 457. The molecule has 0 saturated heterocycles. The maximum atomic E-state index is 12.4. The minimum absolute atomic E-state index is 0.00658. The molecule has 4 heteroatoms. The predicted octanol–water partition coefficient (Wildman–Crippen LogP) is 3.80. The van der Waals surface area contributed by atoms with Crippen molar-refractivity contribution in [1.29, 1.82) is 0 Å². The second-order valence-corrected chi connectivity index (χ2v) is 5.98. The van der Waals surface area contributed by atoms with Gasteiger partial charge in [0.25, 0.3) is 0 Å². The Morgan fingerprint density at radius 2 is 2.18 bits per heavy atom. The summed E-state index contributed by atoms with van der Waals surface area (Å²) in [5.74, 6) is 2.00. The summed E-state index contributed by atoms with van der Waals surface area (Å²) in [6, 6.07) is 3.56. The lowest BCUT2D eigenvalue weighted by atomic mass is 9.96. The first-order chi connectivity index (χ1) is 8.06. The molecule has 1 heterocycles. The Labute approximate surface area is 111 Å². The average molecular weight is 271 g/mol. The van der Waals surface area contributed by atoms with Crippen LogP contribution < -0.4 is 4.74 Å². The number of thioether (sulfide) groups is 1. The topological polar surface area (TPSA) is 26.3 Å². The molecule has 0 amide bonds. The van der Waals surface area contributed by atoms with E-state index in [-0.39, 0.29) is 11.0 Å². The predicted molar refractivity (Wildman–Crippen MR) is 72.3 cm³/mol. The Morgan fingerprint density at radius 3 is 2.76 bits per heavy atom. The normalized spacial score (nSPS) is 19.4. The lowest BCUT2D eigenvalue weighted by Gasteiger charge is -2.27. The van der Waals surface area contributed by atoms with Crippen molar-refractivity contribution >= 4 is 29.1 Å². The molecule has 0 saturated carbocycles. The molecule has 1 aliphatic rings. The third kappa shape index (κ3) is 2.18. The number of carbonyl (C=O) groups is 1. The van der Waals surface area contributed by atoms with E-state index in [1.807, 2.05) is 6.07 Å². The molecule has 1 atom stereocenters. The SMILES string of the molecule is COc1ccc(Cl)c2c1CSC(C(C)C)C2=O. The van der Waals surface area contributed by atoms with Crippen LogP contribution in [0, 0.1) is 5.92 Å². The van der Waals surface area contributed by atoms with Crippen molar-refractivity contribution in [2.45, 2.75) is 24.9 Å². The number of halogens is 1. The van der Waals surface area contributed by atoms with E-state index in [9.17, 15) is 4.79 Å². The summed E-state index contributed by atoms with van der Waals surface area (Å²) in [4.78, 5) is 12.4. The minimum atomic E-state index is 0.00658. The van der Waals surface area contributed by atoms with Crippen LogP contribution in [0.2, 0.25) is 5.02 Å². The Morgan fingerprint density at radius 1 is 1.47 bits per heavy atom. The van der Waals surface area contributed by atoms with Gasteiger partial charge in [-0.1, -0.05) is 25.4 Å². The molecule has 1 unspecified atom stereocenters. The van der Waals surface area contributed by atoms with E-state index in [1.54, 1.807) is 24.9 Å². The van der Waals surface area contributed by atoms with E-state index in [0.29, 0.717) is 16.5 Å². The zero-order valence-electron chi connectivity index (χ0n) is 10.1. The van der Waals surface area contributed by atoms with Gasteiger partial charge in [0.05, 0.1) is 17.4 Å². The number of methoxy groups -OCH3 is 1. The molecule has 0 fully saturated rings. The van der Waals surface area contributed by atoms with Crippen LogP contribution in [0.1, 0.15) is 29.8 Å². The number of rotatable bonds is 2. The van der Waals surface area contributed by atoms with Crippen LogP contribution in [0.4, 0.5) is 0 Å². The molecule has 1 aromatic carbocycles. The second-order valence-electron chi connectivity index (χ2n) is 4.44. The highest BCUT2D eigenvalue weighted by Crippen LogP contribution is 2.41. The first kappa shape index (κ1) is 12.8. The van der Waals surface area contributed by atoms with Crippen LogP contribution in [0.3, 0.4) is 0 Å². The van der Waals surface area contributed by atoms with Gasteiger partial charge >= 0.3 is 0 Å². The molecule has 2 rings (SSSR count). The lowest BCUT2D eigenvalue weighted by Crippen LogP contribution is -2.28. The fraction of sp³-hybridized carbons (Fsp3) is 0.462. The van der Waals surface area contributed by atoms with Crippen LogP contribution in [0.15, 0.2) is 12.1 Å². The highest BCUT2D eigenvalue weighted by atomic mass is 35.5. The fourth-order valence-electron chi connectivity index (χ4n) is 2.09. The van der Waals surface area contributed by atoms with Gasteiger partial charge in [0, 0.05) is 16.9 Å². The van der Waals surface area contributed by atoms with Crippen molar-refractivity contribution in [3.8, 4) is 5.75 Å². The quantitative estimate of drug-likeness (QED) is 0.818. The molecule has 17 heavy (non-hydrogen) atoms. The van der Waals surface area contributed by atoms with E-state index >= 15 is 0 Å². The van der Waals surface area contributed by atoms with Gasteiger partial charge < -0.3 is 4.74 Å². The maximum absolute atomic E-state index is 12.4. The third-order valence-corrected chi connectivity index (χ3v) is 4.84. The molecule has 0 N–H and O–H groups in total. The first-order valence-corrected chi connectivity index (χ1v) is 7.00. The van der Waals surface area contributed by atoms with E-state index in [2.05, 4.69) is 13.8 Å². The second kappa shape index (κ2) is 4.91. The zero-order valence-corrected chi connectivity index (χ0v) is 11.7. The van der Waals surface area contributed by atoms with Crippen LogP contribution in [0.5, 0.6) is 5.75 Å². The standard InChI is InChI=1S/C13H15ClO2S/c1-7(2)13-12(15)11-8(6-17-13)10(16-3)5-4-9(11)14/h4-5,7,13H,6H2,1-3H3. The lowest BCUT2D eigenvalue weighted by molar-refractivity contribution is 0.0972. The number of Topliss-reactive ketones (excluding diaryl/α,β-unsaturated/α-hetero) is 1. The van der Waals surface area contributed by atoms with Gasteiger partial charge in [0.2, 0.25) is 0 Å². The van der Waals surface area contributed by atoms with E-state index < -0.39 is 0 Å². The van der Waals surface area contributed by atoms with Gasteiger partial charge in [-0.3, -0.25) is 4.79 Å². The van der Waals surface area contributed by atoms with Gasteiger partial charge in [-0.2, -0.15) is 0 Å². The number of ether oxygens (including phenoxy) is 1. The van der Waals surface area contributed by atoms with Crippen LogP contribution in [-0.4, -0.2) is 18.1 Å². The number of hydrogen-bond donors (Lipinski definition) is 0. The van der Waals surface area contributed by atoms with Crippen molar-refractivity contribution < 1.29 is 9.53 Å². The molecule has 0 spiro atoms. The minimum Gasteiger partial charge on any atom is -0.496 e. The molecule has 92 valence electrons. The molecule has 1 aromatic rings. The van der Waals surface area contributed by atoms with Crippen molar-refractivity contribution in [3.63, 3.8) is 0 Å². The largest absolute Gasteiger partial charge is 0.496 e. The number of fused-ring (bicyclic) bond motifs is 1. The van der Waals surface area contributed by atoms with Gasteiger partial charge in [0.15, 0.2) is 5.78 Å². The molecule has 1 aliphatic heterocycles. The number of carbonyl (C=O) groups excluding carboxylic acids is 1. The van der Waals surface area contributed by atoms with Crippen LogP contribution >= 0.6 is 23.4 Å². The first-order valence-electron chi connectivity index (χ1n) is 5.57. The summed E-state index contributed by atoms with van der Waals surface area (Å²) in [5, 5.41) is 0.545. The summed E-state index contributed by atoms with van der Waals surface area (Å²) in [6.45, 7) is 4.13. The molecule has 0 bridgehead atoms. The van der Waals surface area contributed by atoms with Crippen molar-refractivity contribution in [2.24, 2.45) is 5.92 Å². The average Bonchev–Trinajstić information content (AvgIpc) is 2.29. The smallest absolute Gasteiger partial charge is 0.178 e. The van der Waals surface area contributed by atoms with Gasteiger partial charge in [-0.05, 0) is 18.1 Å².